The van der Waals surface area contributed by atoms with Gasteiger partial charge in [0.25, 0.3) is 11.7 Å². The van der Waals surface area contributed by atoms with Crippen LogP contribution in [0.3, 0.4) is 0 Å². The molecule has 5 nitrogen and oxygen atoms in total. The zero-order chi connectivity index (χ0) is 23.9. The van der Waals surface area contributed by atoms with Gasteiger partial charge in [0, 0.05) is 20.8 Å². The van der Waals surface area contributed by atoms with Crippen LogP contribution < -0.4 is 9.64 Å². The number of halogens is 4. The van der Waals surface area contributed by atoms with Gasteiger partial charge in [-0.3, -0.25) is 14.5 Å². The summed E-state index contributed by atoms with van der Waals surface area (Å²) in [6.45, 7) is 0. The van der Waals surface area contributed by atoms with Crippen molar-refractivity contribution in [1.82, 2.24) is 0 Å². The van der Waals surface area contributed by atoms with Crippen LogP contribution in [-0.2, 0) is 9.59 Å². The quantitative estimate of drug-likeness (QED) is 0.252. The first-order chi connectivity index (χ1) is 15.7. The number of amides is 1. The number of nitrogens with zero attached hydrogens (tertiary/aromatic N) is 1. The Bertz CT molecular complexity index is 1290. The number of hydrogen-bond acceptors (Lipinski definition) is 4. The number of aliphatic hydroxyl groups is 1. The second-order valence-electron chi connectivity index (χ2n) is 7.19. The number of ether oxygens (including phenoxy) is 1. The predicted octanol–water partition coefficient (Wildman–Crippen LogP) is 6.42. The van der Waals surface area contributed by atoms with E-state index < -0.39 is 29.3 Å². The Kier molecular flexibility index (Phi) is 6.34. The van der Waals surface area contributed by atoms with Gasteiger partial charge in [-0.1, -0.05) is 46.9 Å². The Hall–Kier alpha value is -3.06. The highest BCUT2D eigenvalue weighted by Crippen LogP contribution is 2.44. The third kappa shape index (κ3) is 4.29. The van der Waals surface area contributed by atoms with Gasteiger partial charge in [0.05, 0.1) is 24.3 Å². The summed E-state index contributed by atoms with van der Waals surface area (Å²) < 4.78 is 18.9. The second-order valence-corrected chi connectivity index (χ2v) is 8.50. The highest BCUT2D eigenvalue weighted by atomic mass is 35.5. The third-order valence-corrected chi connectivity index (χ3v) is 5.84. The fourth-order valence-corrected chi connectivity index (χ4v) is 4.43. The van der Waals surface area contributed by atoms with Crippen molar-refractivity contribution in [2.45, 2.75) is 6.04 Å². The number of carbonyl (C=O) groups is 2. The van der Waals surface area contributed by atoms with Crippen molar-refractivity contribution in [3.63, 3.8) is 0 Å². The maximum absolute atomic E-state index is 13.6. The fourth-order valence-electron chi connectivity index (χ4n) is 3.75. The lowest BCUT2D eigenvalue weighted by Crippen LogP contribution is -2.29. The minimum absolute atomic E-state index is 0.124. The lowest BCUT2D eigenvalue weighted by Gasteiger charge is -2.26. The molecule has 168 valence electrons. The van der Waals surface area contributed by atoms with Crippen molar-refractivity contribution in [3.05, 3.63) is 98.2 Å². The van der Waals surface area contributed by atoms with E-state index in [1.807, 2.05) is 0 Å². The highest BCUT2D eigenvalue weighted by Gasteiger charge is 2.47. The van der Waals surface area contributed by atoms with Gasteiger partial charge in [-0.2, -0.15) is 0 Å². The number of benzene rings is 3. The molecular formula is C24H15Cl3FNO4. The largest absolute Gasteiger partial charge is 0.507 e. The summed E-state index contributed by atoms with van der Waals surface area (Å²) in [6.07, 6.45) is 0. The topological polar surface area (TPSA) is 66.8 Å². The van der Waals surface area contributed by atoms with E-state index in [1.165, 1.54) is 61.7 Å². The number of hydrogen-bond donors (Lipinski definition) is 1. The molecule has 3 aromatic carbocycles. The number of rotatable bonds is 4. The first-order valence-electron chi connectivity index (χ1n) is 9.57. The number of Topliss-reactive ketones (excluding diaryl/α,β-unsaturated/α-hetero) is 1. The molecule has 9 heteroatoms. The number of aliphatic hydroxyl groups excluding tert-OH is 1. The second kappa shape index (κ2) is 9.06. The normalized spacial score (nSPS) is 17.5. The summed E-state index contributed by atoms with van der Waals surface area (Å²) in [6, 6.07) is 13.1. The summed E-state index contributed by atoms with van der Waals surface area (Å²) >= 11 is 18.4. The van der Waals surface area contributed by atoms with E-state index in [4.69, 9.17) is 39.5 Å². The summed E-state index contributed by atoms with van der Waals surface area (Å²) in [5, 5.41) is 12.0. The molecule has 1 saturated heterocycles. The van der Waals surface area contributed by atoms with Crippen LogP contribution >= 0.6 is 34.8 Å². The van der Waals surface area contributed by atoms with Crippen molar-refractivity contribution < 1.29 is 23.8 Å². The Morgan fingerprint density at radius 3 is 2.18 bits per heavy atom. The van der Waals surface area contributed by atoms with Gasteiger partial charge in [0.15, 0.2) is 0 Å². The van der Waals surface area contributed by atoms with Crippen molar-refractivity contribution in [3.8, 4) is 5.75 Å². The van der Waals surface area contributed by atoms with Crippen LogP contribution in [0.2, 0.25) is 15.1 Å². The van der Waals surface area contributed by atoms with Crippen molar-refractivity contribution in [2.24, 2.45) is 0 Å². The number of carbonyl (C=O) groups excluding carboxylic acids is 2. The molecule has 0 saturated carbocycles. The van der Waals surface area contributed by atoms with Gasteiger partial charge in [-0.15, -0.1) is 0 Å². The number of ketones is 1. The van der Waals surface area contributed by atoms with Crippen LogP contribution in [-0.4, -0.2) is 23.9 Å². The molecule has 0 radical (unpaired) electrons. The van der Waals surface area contributed by atoms with E-state index in [1.54, 1.807) is 6.07 Å². The Labute approximate surface area is 203 Å². The Morgan fingerprint density at radius 2 is 1.58 bits per heavy atom. The molecule has 1 atom stereocenters. The third-order valence-electron chi connectivity index (χ3n) is 5.17. The molecule has 1 aliphatic rings. The highest BCUT2D eigenvalue weighted by molar-refractivity contribution is 6.52. The van der Waals surface area contributed by atoms with E-state index >= 15 is 0 Å². The van der Waals surface area contributed by atoms with Crippen LogP contribution in [0.5, 0.6) is 5.75 Å². The molecule has 4 rings (SSSR count). The zero-order valence-electron chi connectivity index (χ0n) is 17.0. The van der Waals surface area contributed by atoms with Crippen molar-refractivity contribution in [2.75, 3.05) is 12.0 Å². The molecule has 33 heavy (non-hydrogen) atoms. The average molecular weight is 507 g/mol. The van der Waals surface area contributed by atoms with Crippen LogP contribution in [0.25, 0.3) is 5.76 Å². The van der Waals surface area contributed by atoms with Crippen molar-refractivity contribution in [1.29, 1.82) is 0 Å². The minimum Gasteiger partial charge on any atom is -0.507 e. The molecule has 1 aliphatic heterocycles. The van der Waals surface area contributed by atoms with Crippen LogP contribution in [0.15, 0.2) is 66.2 Å². The van der Waals surface area contributed by atoms with Gasteiger partial charge in [-0.05, 0) is 54.1 Å². The van der Waals surface area contributed by atoms with E-state index in [0.29, 0.717) is 5.56 Å². The Balaban J connectivity index is 2.00. The molecule has 1 fully saturated rings. The summed E-state index contributed by atoms with van der Waals surface area (Å²) in [7, 11) is 1.39. The van der Waals surface area contributed by atoms with Gasteiger partial charge >= 0.3 is 0 Å². The monoisotopic (exact) mass is 505 g/mol. The van der Waals surface area contributed by atoms with Crippen molar-refractivity contribution >= 4 is 57.9 Å². The van der Waals surface area contributed by atoms with Gasteiger partial charge < -0.3 is 9.84 Å². The molecule has 0 aliphatic carbocycles. The smallest absolute Gasteiger partial charge is 0.300 e. The average Bonchev–Trinajstić information content (AvgIpc) is 3.03. The van der Waals surface area contributed by atoms with Crippen LogP contribution in [0, 0.1) is 5.82 Å². The molecule has 0 aromatic heterocycles. The zero-order valence-corrected chi connectivity index (χ0v) is 19.2. The van der Waals surface area contributed by atoms with E-state index in [-0.39, 0.29) is 37.6 Å². The Morgan fingerprint density at radius 1 is 0.939 bits per heavy atom. The van der Waals surface area contributed by atoms with Gasteiger partial charge in [-0.25, -0.2) is 4.39 Å². The molecule has 1 unspecified atom stereocenters. The first-order valence-corrected chi connectivity index (χ1v) is 10.7. The maximum Gasteiger partial charge on any atom is 0.300 e. The number of methoxy groups -OCH3 is 1. The summed E-state index contributed by atoms with van der Waals surface area (Å²) in [5.74, 6) is -2.60. The standard InChI is InChI=1S/C24H15Cl3FNO4/c1-33-19-7-4-13(25)11-18(19)22(30)20-21(12-2-5-16(28)6-3-12)29(24(32)23(20)31)17-9-14(26)8-15(27)10-17/h2-11,21,30H,1H3/b22-20+. The van der Waals surface area contributed by atoms with Gasteiger partial charge in [0.1, 0.15) is 17.3 Å². The lowest BCUT2D eigenvalue weighted by atomic mass is 9.95. The number of anilines is 1. The molecule has 1 N–H and O–H groups in total. The molecule has 0 spiro atoms. The van der Waals surface area contributed by atoms with E-state index in [9.17, 15) is 19.1 Å². The lowest BCUT2D eigenvalue weighted by molar-refractivity contribution is -0.132. The molecule has 0 bridgehead atoms. The van der Waals surface area contributed by atoms with Crippen LogP contribution in [0.4, 0.5) is 10.1 Å². The summed E-state index contributed by atoms with van der Waals surface area (Å²) in [4.78, 5) is 27.5. The van der Waals surface area contributed by atoms with E-state index in [0.717, 1.165) is 4.90 Å². The minimum atomic E-state index is -1.09. The molecule has 1 amide bonds. The summed E-state index contributed by atoms with van der Waals surface area (Å²) in [5.41, 5.74) is 0.526. The first kappa shape index (κ1) is 23.1. The van der Waals surface area contributed by atoms with Gasteiger partial charge in [0.2, 0.25) is 0 Å². The maximum atomic E-state index is 13.6. The van der Waals surface area contributed by atoms with E-state index in [2.05, 4.69) is 0 Å². The molecule has 1 heterocycles. The molecule has 3 aromatic rings. The predicted molar refractivity (Wildman–Crippen MR) is 126 cm³/mol. The SMILES string of the molecule is COc1ccc(Cl)cc1/C(O)=C1\C(=O)C(=O)N(c2cc(Cl)cc(Cl)c2)C1c1ccc(F)cc1. The van der Waals surface area contributed by atoms with Crippen LogP contribution in [0.1, 0.15) is 17.2 Å². The fraction of sp³-hybridized carbons (Fsp3) is 0.0833. The molecular weight excluding hydrogens is 492 g/mol.